The lowest BCUT2D eigenvalue weighted by atomic mass is 10.1. The summed E-state index contributed by atoms with van der Waals surface area (Å²) >= 11 is 11.6. The molecule has 0 saturated heterocycles. The molecule has 0 aliphatic rings. The number of carboxylic acids is 1. The van der Waals surface area contributed by atoms with Crippen molar-refractivity contribution < 1.29 is 14.7 Å². The monoisotopic (exact) mass is 304 g/mol. The molecule has 19 heavy (non-hydrogen) atoms. The maximum atomic E-state index is 11.8. The molecule has 5 nitrogen and oxygen atoms in total. The van der Waals surface area contributed by atoms with Gasteiger partial charge in [0, 0.05) is 5.02 Å². The van der Waals surface area contributed by atoms with E-state index in [2.05, 4.69) is 5.32 Å². The van der Waals surface area contributed by atoms with Gasteiger partial charge >= 0.3 is 5.97 Å². The van der Waals surface area contributed by atoms with Crippen molar-refractivity contribution in [3.8, 4) is 0 Å². The number of halogens is 2. The van der Waals surface area contributed by atoms with Crippen molar-refractivity contribution >= 4 is 40.8 Å². The summed E-state index contributed by atoms with van der Waals surface area (Å²) in [6, 6.07) is 1.87. The highest BCUT2D eigenvalue weighted by Crippen LogP contribution is 2.30. The Morgan fingerprint density at radius 2 is 2.05 bits per heavy atom. The van der Waals surface area contributed by atoms with Gasteiger partial charge in [0.15, 0.2) is 0 Å². The van der Waals surface area contributed by atoms with Crippen LogP contribution in [0, 0.1) is 0 Å². The van der Waals surface area contributed by atoms with Crippen LogP contribution < -0.4 is 11.1 Å². The van der Waals surface area contributed by atoms with Crippen LogP contribution in [0.25, 0.3) is 0 Å². The lowest BCUT2D eigenvalue weighted by Gasteiger charge is -2.14. The molecule has 104 valence electrons. The molecule has 4 N–H and O–H groups in total. The van der Waals surface area contributed by atoms with E-state index < -0.39 is 17.9 Å². The zero-order valence-corrected chi connectivity index (χ0v) is 11.8. The number of benzene rings is 1. The second kappa shape index (κ2) is 6.75. The van der Waals surface area contributed by atoms with Gasteiger partial charge in [-0.05, 0) is 18.6 Å². The third-order valence-corrected chi connectivity index (χ3v) is 2.99. The minimum absolute atomic E-state index is 0.00937. The third kappa shape index (κ3) is 4.09. The predicted molar refractivity (Wildman–Crippen MR) is 74.9 cm³/mol. The zero-order valence-electron chi connectivity index (χ0n) is 10.2. The number of amides is 1. The van der Waals surface area contributed by atoms with Gasteiger partial charge in [0.05, 0.1) is 22.3 Å². The molecule has 0 aliphatic carbocycles. The number of carboxylic acid groups (broad SMARTS) is 1. The second-order valence-electron chi connectivity index (χ2n) is 4.00. The summed E-state index contributed by atoms with van der Waals surface area (Å²) in [6.07, 6.45) is 1.24. The summed E-state index contributed by atoms with van der Waals surface area (Å²) in [6.45, 7) is 1.89. The van der Waals surface area contributed by atoms with E-state index in [1.807, 2.05) is 6.92 Å². The van der Waals surface area contributed by atoms with Crippen molar-refractivity contribution in [2.75, 3.05) is 5.32 Å². The Hall–Kier alpha value is -1.30. The zero-order chi connectivity index (χ0) is 14.6. The number of carbonyl (C=O) groups excluding carboxylic acids is 1. The van der Waals surface area contributed by atoms with E-state index in [-0.39, 0.29) is 21.3 Å². The Morgan fingerprint density at radius 3 is 2.58 bits per heavy atom. The van der Waals surface area contributed by atoms with Gasteiger partial charge in [-0.2, -0.15) is 0 Å². The average molecular weight is 305 g/mol. The van der Waals surface area contributed by atoms with Crippen LogP contribution in [0.15, 0.2) is 12.1 Å². The first-order chi connectivity index (χ1) is 8.86. The summed E-state index contributed by atoms with van der Waals surface area (Å²) in [5, 5.41) is 11.7. The van der Waals surface area contributed by atoms with Crippen LogP contribution in [-0.2, 0) is 4.79 Å². The van der Waals surface area contributed by atoms with Crippen LogP contribution in [0.4, 0.5) is 5.69 Å². The number of aromatic carboxylic acids is 1. The molecule has 0 aliphatic heterocycles. The van der Waals surface area contributed by atoms with Crippen molar-refractivity contribution in [1.29, 1.82) is 0 Å². The number of carbonyl (C=O) groups is 2. The lowest BCUT2D eigenvalue weighted by molar-refractivity contribution is -0.117. The highest BCUT2D eigenvalue weighted by atomic mass is 35.5. The number of hydrogen-bond donors (Lipinski definition) is 3. The smallest absolute Gasteiger partial charge is 0.337 e. The first-order valence-corrected chi connectivity index (χ1v) is 6.41. The molecular weight excluding hydrogens is 291 g/mol. The molecule has 0 saturated carbocycles. The predicted octanol–water partition coefficient (Wildman–Crippen LogP) is 2.76. The highest BCUT2D eigenvalue weighted by Gasteiger charge is 2.20. The molecule has 0 aromatic heterocycles. The highest BCUT2D eigenvalue weighted by molar-refractivity contribution is 6.37. The second-order valence-corrected chi connectivity index (χ2v) is 4.84. The molecule has 7 heteroatoms. The molecule has 0 unspecified atom stereocenters. The Labute approximate surface area is 120 Å². The van der Waals surface area contributed by atoms with Gasteiger partial charge in [0.25, 0.3) is 0 Å². The van der Waals surface area contributed by atoms with Crippen LogP contribution in [0.1, 0.15) is 30.1 Å². The molecule has 1 aromatic rings. The van der Waals surface area contributed by atoms with Crippen molar-refractivity contribution in [3.05, 3.63) is 27.7 Å². The molecule has 0 radical (unpaired) electrons. The number of hydrogen-bond acceptors (Lipinski definition) is 3. The van der Waals surface area contributed by atoms with Crippen LogP contribution in [0.5, 0.6) is 0 Å². The van der Waals surface area contributed by atoms with E-state index in [1.165, 1.54) is 12.1 Å². The number of rotatable bonds is 5. The summed E-state index contributed by atoms with van der Waals surface area (Å²) in [4.78, 5) is 22.9. The first kappa shape index (κ1) is 15.8. The molecule has 0 heterocycles. The minimum atomic E-state index is -1.23. The van der Waals surface area contributed by atoms with Gasteiger partial charge in [-0.25, -0.2) is 4.79 Å². The summed E-state index contributed by atoms with van der Waals surface area (Å²) < 4.78 is 0. The van der Waals surface area contributed by atoms with Crippen molar-refractivity contribution in [2.24, 2.45) is 5.73 Å². The molecular formula is C12H14Cl2N2O3. The summed E-state index contributed by atoms with van der Waals surface area (Å²) in [5.74, 6) is -1.71. The fraction of sp³-hybridized carbons (Fsp3) is 0.333. The Morgan fingerprint density at radius 1 is 1.42 bits per heavy atom. The van der Waals surface area contributed by atoms with Crippen molar-refractivity contribution in [2.45, 2.75) is 25.8 Å². The van der Waals surface area contributed by atoms with Gasteiger partial charge in [0.2, 0.25) is 5.91 Å². The first-order valence-electron chi connectivity index (χ1n) is 5.65. The fourth-order valence-electron chi connectivity index (χ4n) is 1.53. The lowest BCUT2D eigenvalue weighted by Crippen LogP contribution is -2.35. The quantitative estimate of drug-likeness (QED) is 0.780. The van der Waals surface area contributed by atoms with Crippen LogP contribution in [-0.4, -0.2) is 23.0 Å². The number of anilines is 1. The van der Waals surface area contributed by atoms with E-state index in [4.69, 9.17) is 34.0 Å². The summed E-state index contributed by atoms with van der Waals surface area (Å²) in [7, 11) is 0. The molecule has 1 aromatic carbocycles. The topological polar surface area (TPSA) is 92.4 Å². The van der Waals surface area contributed by atoms with Crippen molar-refractivity contribution in [1.82, 2.24) is 0 Å². The van der Waals surface area contributed by atoms with Gasteiger partial charge < -0.3 is 16.2 Å². The minimum Gasteiger partial charge on any atom is -0.478 e. The van der Waals surface area contributed by atoms with E-state index in [0.717, 1.165) is 6.42 Å². The third-order valence-electron chi connectivity index (χ3n) is 2.47. The largest absolute Gasteiger partial charge is 0.478 e. The Bertz CT molecular complexity index is 506. The Balaban J connectivity index is 3.06. The standard InChI is InChI=1S/C12H14Cl2N2O3/c1-2-3-9(15)11(17)16-10-7(12(18)19)4-6(13)5-8(10)14/h4-5,9H,2-3,15H2,1H3,(H,16,17)(H,18,19)/t9-/m0/s1. The average Bonchev–Trinajstić information content (AvgIpc) is 2.32. The normalized spacial score (nSPS) is 12.0. The maximum Gasteiger partial charge on any atom is 0.337 e. The maximum absolute atomic E-state index is 11.8. The molecule has 1 rings (SSSR count). The fourth-order valence-corrected chi connectivity index (χ4v) is 2.07. The summed E-state index contributed by atoms with van der Waals surface area (Å²) in [5.41, 5.74) is 5.49. The Kier molecular flexibility index (Phi) is 5.60. The van der Waals surface area contributed by atoms with E-state index in [9.17, 15) is 9.59 Å². The van der Waals surface area contributed by atoms with Crippen LogP contribution >= 0.6 is 23.2 Å². The number of nitrogens with two attached hydrogens (primary N) is 1. The molecule has 1 atom stereocenters. The van der Waals surface area contributed by atoms with E-state index in [0.29, 0.717) is 6.42 Å². The van der Waals surface area contributed by atoms with Gasteiger partial charge in [-0.15, -0.1) is 0 Å². The van der Waals surface area contributed by atoms with Crippen LogP contribution in [0.3, 0.4) is 0 Å². The molecule has 0 bridgehead atoms. The van der Waals surface area contributed by atoms with Gasteiger partial charge in [-0.3, -0.25) is 4.79 Å². The van der Waals surface area contributed by atoms with Gasteiger partial charge in [-0.1, -0.05) is 36.5 Å². The van der Waals surface area contributed by atoms with Gasteiger partial charge in [0.1, 0.15) is 0 Å². The number of nitrogens with one attached hydrogen (secondary N) is 1. The van der Waals surface area contributed by atoms with Crippen molar-refractivity contribution in [3.63, 3.8) is 0 Å². The van der Waals surface area contributed by atoms with E-state index >= 15 is 0 Å². The SMILES string of the molecule is CCC[C@H](N)C(=O)Nc1c(Cl)cc(Cl)cc1C(=O)O. The van der Waals surface area contributed by atoms with Crippen LogP contribution in [0.2, 0.25) is 10.0 Å². The van der Waals surface area contributed by atoms with E-state index in [1.54, 1.807) is 0 Å². The molecule has 0 spiro atoms. The molecule has 0 fully saturated rings. The molecule has 1 amide bonds.